The molecule has 0 aromatic heterocycles. The van der Waals surface area contributed by atoms with Gasteiger partial charge in [0.05, 0.1) is 6.54 Å². The van der Waals surface area contributed by atoms with Crippen LogP contribution >= 0.6 is 0 Å². The number of allylic oxidation sites excluding steroid dienone is 3. The Hall–Kier alpha value is -1.64. The molecule has 1 aliphatic heterocycles. The average molecular weight is 233 g/mol. The molecule has 0 aromatic carbocycles. The van der Waals surface area contributed by atoms with Gasteiger partial charge in [0.15, 0.2) is 0 Å². The van der Waals surface area contributed by atoms with Gasteiger partial charge in [-0.15, -0.1) is 0 Å². The molecule has 0 bridgehead atoms. The summed E-state index contributed by atoms with van der Waals surface area (Å²) in [4.78, 5) is 14.9. The molecule has 0 aliphatic carbocycles. The monoisotopic (exact) mass is 233 g/mol. The fraction of sp³-hybridized carbons (Fsp3) is 0.429. The summed E-state index contributed by atoms with van der Waals surface area (Å²) in [7, 11) is 0. The first-order valence-electron chi connectivity index (χ1n) is 5.81. The third-order valence-electron chi connectivity index (χ3n) is 2.35. The minimum Gasteiger partial charge on any atom is -0.405 e. The summed E-state index contributed by atoms with van der Waals surface area (Å²) < 4.78 is 4.82. The van der Waals surface area contributed by atoms with Crippen LogP contribution in [-0.4, -0.2) is 18.4 Å². The molecule has 0 N–H and O–H groups in total. The van der Waals surface area contributed by atoms with E-state index < -0.39 is 0 Å². The second-order valence-electron chi connectivity index (χ2n) is 4.30. The van der Waals surface area contributed by atoms with E-state index in [1.54, 1.807) is 6.08 Å². The van der Waals surface area contributed by atoms with Crippen LogP contribution in [0, 0.1) is 0 Å². The van der Waals surface area contributed by atoms with Gasteiger partial charge in [-0.1, -0.05) is 23.3 Å². The third kappa shape index (κ3) is 5.85. The Balaban J connectivity index is 2.31. The molecule has 0 unspecified atom stereocenters. The average Bonchev–Trinajstić information content (AvgIpc) is 2.63. The molecule has 1 rings (SSSR count). The molecule has 92 valence electrons. The number of hydrogen-bond acceptors (Lipinski definition) is 3. The summed E-state index contributed by atoms with van der Waals surface area (Å²) in [5.41, 5.74) is 2.65. The number of cyclic esters (lactones) is 1. The Bertz CT molecular complexity index is 396. The fourth-order valence-electron chi connectivity index (χ4n) is 1.38. The van der Waals surface area contributed by atoms with Crippen LogP contribution in [0.25, 0.3) is 0 Å². The van der Waals surface area contributed by atoms with Crippen molar-refractivity contribution in [2.24, 2.45) is 4.99 Å². The topological polar surface area (TPSA) is 38.7 Å². The Morgan fingerprint density at radius 1 is 1.29 bits per heavy atom. The Morgan fingerprint density at radius 2 is 2.06 bits per heavy atom. The summed E-state index contributed by atoms with van der Waals surface area (Å²) >= 11 is 0. The zero-order valence-corrected chi connectivity index (χ0v) is 10.7. The smallest absolute Gasteiger partial charge is 0.337 e. The number of nitrogens with zero attached hydrogens (tertiary/aromatic N) is 1. The molecule has 3 nitrogen and oxygen atoms in total. The number of carbonyl (C=O) groups is 1. The lowest BCUT2D eigenvalue weighted by Crippen LogP contribution is -1.99. The van der Waals surface area contributed by atoms with Crippen molar-refractivity contribution in [2.75, 3.05) is 6.54 Å². The molecule has 0 aromatic rings. The molecule has 3 heteroatoms. The van der Waals surface area contributed by atoms with Crippen LogP contribution in [0.3, 0.4) is 0 Å². The van der Waals surface area contributed by atoms with Crippen molar-refractivity contribution in [1.29, 1.82) is 0 Å². The zero-order chi connectivity index (χ0) is 12.7. The molecule has 0 saturated heterocycles. The molecule has 0 radical (unpaired) electrons. The molecule has 0 spiro atoms. The first kappa shape index (κ1) is 13.4. The first-order valence-corrected chi connectivity index (χ1v) is 5.81. The maximum atomic E-state index is 10.7. The van der Waals surface area contributed by atoms with Gasteiger partial charge in [-0.2, -0.15) is 0 Å². The second kappa shape index (κ2) is 6.84. The van der Waals surface area contributed by atoms with Crippen molar-refractivity contribution in [3.8, 4) is 0 Å². The Labute approximate surface area is 103 Å². The quantitative estimate of drug-likeness (QED) is 0.540. The molecular formula is C14H19NO2. The minimum atomic E-state index is -0.340. The number of rotatable bonds is 5. The van der Waals surface area contributed by atoms with E-state index in [0.29, 0.717) is 12.4 Å². The highest BCUT2D eigenvalue weighted by molar-refractivity contribution is 6.07. The van der Waals surface area contributed by atoms with E-state index in [9.17, 15) is 4.79 Å². The van der Waals surface area contributed by atoms with E-state index in [-0.39, 0.29) is 5.97 Å². The summed E-state index contributed by atoms with van der Waals surface area (Å²) in [6.07, 6.45) is 9.37. The van der Waals surface area contributed by atoms with E-state index in [1.165, 1.54) is 17.2 Å². The number of carbonyl (C=O) groups excluding carboxylic acids is 1. The van der Waals surface area contributed by atoms with Crippen molar-refractivity contribution in [3.05, 3.63) is 35.5 Å². The minimum absolute atomic E-state index is 0.340. The van der Waals surface area contributed by atoms with Crippen LogP contribution in [0.2, 0.25) is 0 Å². The van der Waals surface area contributed by atoms with E-state index in [2.05, 4.69) is 37.9 Å². The largest absolute Gasteiger partial charge is 0.405 e. The van der Waals surface area contributed by atoms with Crippen molar-refractivity contribution in [3.63, 3.8) is 0 Å². The Kier molecular flexibility index (Phi) is 5.40. The van der Waals surface area contributed by atoms with Crippen LogP contribution in [-0.2, 0) is 9.53 Å². The van der Waals surface area contributed by atoms with Gasteiger partial charge in [0.1, 0.15) is 0 Å². The molecular weight excluding hydrogens is 214 g/mol. The molecule has 0 saturated carbocycles. The number of hydrogen-bond donors (Lipinski definition) is 0. The van der Waals surface area contributed by atoms with Crippen LogP contribution in [0.4, 0.5) is 0 Å². The van der Waals surface area contributed by atoms with E-state index >= 15 is 0 Å². The predicted molar refractivity (Wildman–Crippen MR) is 70.0 cm³/mol. The van der Waals surface area contributed by atoms with Crippen molar-refractivity contribution in [2.45, 2.75) is 33.6 Å². The maximum absolute atomic E-state index is 10.7. The summed E-state index contributed by atoms with van der Waals surface area (Å²) in [5.74, 6) is 0.0661. The maximum Gasteiger partial charge on any atom is 0.337 e. The van der Waals surface area contributed by atoms with Crippen LogP contribution in [0.1, 0.15) is 33.6 Å². The second-order valence-corrected chi connectivity index (χ2v) is 4.30. The molecule has 1 heterocycles. The molecule has 1 aliphatic rings. The summed E-state index contributed by atoms with van der Waals surface area (Å²) in [6.45, 7) is 6.86. The van der Waals surface area contributed by atoms with Gasteiger partial charge < -0.3 is 4.74 Å². The molecule has 0 fully saturated rings. The SMILES string of the molecule is CC(C)=CCCC(C)=CCN=C1C=CC(=O)O1. The lowest BCUT2D eigenvalue weighted by molar-refractivity contribution is -0.129. The van der Waals surface area contributed by atoms with Gasteiger partial charge >= 0.3 is 5.97 Å². The lowest BCUT2D eigenvalue weighted by Gasteiger charge is -1.98. The van der Waals surface area contributed by atoms with E-state index in [4.69, 9.17) is 4.74 Å². The normalized spacial score (nSPS) is 17.5. The lowest BCUT2D eigenvalue weighted by atomic mass is 10.1. The van der Waals surface area contributed by atoms with Gasteiger partial charge in [-0.05, 0) is 33.6 Å². The highest BCUT2D eigenvalue weighted by atomic mass is 16.5. The van der Waals surface area contributed by atoms with Gasteiger partial charge in [0, 0.05) is 12.2 Å². The standard InChI is InChI=1S/C14H19NO2/c1-11(2)5-4-6-12(3)9-10-15-13-7-8-14(16)17-13/h5,7-9H,4,6,10H2,1-3H3. The molecule has 17 heavy (non-hydrogen) atoms. The Morgan fingerprint density at radius 3 is 2.65 bits per heavy atom. The highest BCUT2D eigenvalue weighted by Gasteiger charge is 2.09. The third-order valence-corrected chi connectivity index (χ3v) is 2.35. The number of ether oxygens (including phenoxy) is 1. The summed E-state index contributed by atoms with van der Waals surface area (Å²) in [5, 5.41) is 0. The van der Waals surface area contributed by atoms with Crippen molar-refractivity contribution < 1.29 is 9.53 Å². The van der Waals surface area contributed by atoms with Crippen molar-refractivity contribution >= 4 is 11.9 Å². The highest BCUT2D eigenvalue weighted by Crippen LogP contribution is 2.06. The van der Waals surface area contributed by atoms with Gasteiger partial charge in [0.25, 0.3) is 0 Å². The van der Waals surface area contributed by atoms with Crippen LogP contribution in [0.15, 0.2) is 40.4 Å². The van der Waals surface area contributed by atoms with Gasteiger partial charge in [-0.25, -0.2) is 9.79 Å². The summed E-state index contributed by atoms with van der Waals surface area (Å²) in [6, 6.07) is 0. The zero-order valence-electron chi connectivity index (χ0n) is 10.7. The van der Waals surface area contributed by atoms with E-state index in [1.807, 2.05) is 0 Å². The van der Waals surface area contributed by atoms with Crippen LogP contribution < -0.4 is 0 Å². The fourth-order valence-corrected chi connectivity index (χ4v) is 1.38. The molecule has 0 atom stereocenters. The van der Waals surface area contributed by atoms with Gasteiger partial charge in [-0.3, -0.25) is 0 Å². The first-order chi connectivity index (χ1) is 8.08. The van der Waals surface area contributed by atoms with Crippen molar-refractivity contribution in [1.82, 2.24) is 0 Å². The van der Waals surface area contributed by atoms with E-state index in [0.717, 1.165) is 12.8 Å². The molecule has 0 amide bonds. The van der Waals surface area contributed by atoms with Gasteiger partial charge in [0.2, 0.25) is 5.90 Å². The number of aliphatic imine (C=N–C) groups is 1. The van der Waals surface area contributed by atoms with Crippen LogP contribution in [0.5, 0.6) is 0 Å². The predicted octanol–water partition coefficient (Wildman–Crippen LogP) is 3.19. The number of esters is 1.